The van der Waals surface area contributed by atoms with Gasteiger partial charge in [-0.25, -0.2) is 4.98 Å². The smallest absolute Gasteiger partial charge is 0.254 e. The molecule has 0 radical (unpaired) electrons. The number of nitrogens with zero attached hydrogens (tertiary/aromatic N) is 4. The molecule has 1 aliphatic heterocycles. The molecule has 5 rings (SSSR count). The molecule has 168 valence electrons. The zero-order valence-corrected chi connectivity index (χ0v) is 19.5. The van der Waals surface area contributed by atoms with E-state index in [0.717, 1.165) is 48.6 Å². The SMILES string of the molecule is Cc1ccc(Nc2nc3cc(C(=O)N4CCN(C)CC4)ccc3n2-c2cccc(Cl)c2)cc1. The van der Waals surface area contributed by atoms with Crippen molar-refractivity contribution in [1.29, 1.82) is 0 Å². The monoisotopic (exact) mass is 459 g/mol. The number of aryl methyl sites for hydroxylation is 1. The first kappa shape index (κ1) is 21.5. The van der Waals surface area contributed by atoms with Gasteiger partial charge in [-0.1, -0.05) is 35.4 Å². The summed E-state index contributed by atoms with van der Waals surface area (Å²) >= 11 is 6.30. The molecule has 0 aliphatic carbocycles. The zero-order chi connectivity index (χ0) is 22.9. The van der Waals surface area contributed by atoms with Gasteiger partial charge in [0.25, 0.3) is 5.91 Å². The fraction of sp³-hybridized carbons (Fsp3) is 0.231. The lowest BCUT2D eigenvalue weighted by molar-refractivity contribution is 0.0664. The number of likely N-dealkylation sites (N-methyl/N-ethyl adjacent to an activating group) is 1. The van der Waals surface area contributed by atoms with Crippen molar-refractivity contribution in [2.45, 2.75) is 6.92 Å². The average molecular weight is 460 g/mol. The van der Waals surface area contributed by atoms with Crippen LogP contribution in [0.4, 0.5) is 11.6 Å². The van der Waals surface area contributed by atoms with Gasteiger partial charge in [0.2, 0.25) is 5.95 Å². The van der Waals surface area contributed by atoms with Crippen molar-refractivity contribution in [3.05, 3.63) is 82.9 Å². The third kappa shape index (κ3) is 4.45. The van der Waals surface area contributed by atoms with E-state index in [4.69, 9.17) is 16.6 Å². The number of nitrogens with one attached hydrogen (secondary N) is 1. The number of halogens is 1. The highest BCUT2D eigenvalue weighted by Crippen LogP contribution is 2.29. The van der Waals surface area contributed by atoms with Crippen molar-refractivity contribution in [2.24, 2.45) is 0 Å². The van der Waals surface area contributed by atoms with Crippen LogP contribution in [0.1, 0.15) is 15.9 Å². The van der Waals surface area contributed by atoms with E-state index in [1.54, 1.807) is 0 Å². The predicted molar refractivity (Wildman–Crippen MR) is 134 cm³/mol. The maximum Gasteiger partial charge on any atom is 0.254 e. The van der Waals surface area contributed by atoms with Crippen LogP contribution in [0.25, 0.3) is 16.7 Å². The topological polar surface area (TPSA) is 53.4 Å². The summed E-state index contributed by atoms with van der Waals surface area (Å²) in [5.74, 6) is 0.718. The Labute approximate surface area is 198 Å². The maximum atomic E-state index is 13.1. The van der Waals surface area contributed by atoms with Crippen LogP contribution in [0.2, 0.25) is 5.02 Å². The number of piperazine rings is 1. The van der Waals surface area contributed by atoms with E-state index in [9.17, 15) is 4.79 Å². The van der Waals surface area contributed by atoms with Crippen molar-refractivity contribution in [1.82, 2.24) is 19.4 Å². The van der Waals surface area contributed by atoms with Gasteiger partial charge in [0.05, 0.1) is 16.7 Å². The van der Waals surface area contributed by atoms with Gasteiger partial charge in [-0.05, 0) is 62.5 Å². The van der Waals surface area contributed by atoms with E-state index in [2.05, 4.69) is 36.3 Å². The molecule has 0 unspecified atom stereocenters. The van der Waals surface area contributed by atoms with Crippen molar-refractivity contribution in [3.8, 4) is 5.69 Å². The van der Waals surface area contributed by atoms with E-state index in [1.807, 2.05) is 64.1 Å². The molecule has 1 aliphatic rings. The van der Waals surface area contributed by atoms with Crippen LogP contribution in [0, 0.1) is 6.92 Å². The van der Waals surface area contributed by atoms with Crippen molar-refractivity contribution < 1.29 is 4.79 Å². The highest BCUT2D eigenvalue weighted by atomic mass is 35.5. The Hall–Kier alpha value is -3.35. The van der Waals surface area contributed by atoms with Crippen LogP contribution in [0.5, 0.6) is 0 Å². The second-order valence-corrected chi connectivity index (χ2v) is 8.98. The highest BCUT2D eigenvalue weighted by molar-refractivity contribution is 6.30. The molecule has 1 N–H and O–H groups in total. The summed E-state index contributed by atoms with van der Waals surface area (Å²) < 4.78 is 2.03. The molecule has 1 saturated heterocycles. The normalized spacial score (nSPS) is 14.6. The summed E-state index contributed by atoms with van der Waals surface area (Å²) in [4.78, 5) is 22.1. The molecule has 0 bridgehead atoms. The Kier molecular flexibility index (Phi) is 5.79. The van der Waals surface area contributed by atoms with E-state index >= 15 is 0 Å². The number of hydrogen-bond donors (Lipinski definition) is 1. The summed E-state index contributed by atoms with van der Waals surface area (Å²) in [7, 11) is 2.08. The van der Waals surface area contributed by atoms with Crippen LogP contribution in [-0.4, -0.2) is 58.5 Å². The molecule has 4 aromatic rings. The number of rotatable bonds is 4. The Morgan fingerprint density at radius 2 is 1.73 bits per heavy atom. The van der Waals surface area contributed by atoms with Crippen molar-refractivity contribution in [2.75, 3.05) is 38.5 Å². The van der Waals surface area contributed by atoms with Gasteiger partial charge in [-0.3, -0.25) is 9.36 Å². The third-order valence-electron chi connectivity index (χ3n) is 6.07. The number of fused-ring (bicyclic) bond motifs is 1. The fourth-order valence-electron chi connectivity index (χ4n) is 4.13. The van der Waals surface area contributed by atoms with Gasteiger partial charge in [-0.2, -0.15) is 0 Å². The molecule has 33 heavy (non-hydrogen) atoms. The standard InChI is InChI=1S/C26H26ClN5O/c1-18-6-9-21(10-7-18)28-26-29-23-16-19(25(33)31-14-12-30(2)13-15-31)8-11-24(23)32(26)22-5-3-4-20(27)17-22/h3-11,16-17H,12-15H2,1-2H3,(H,28,29). The number of imidazole rings is 1. The minimum atomic E-state index is 0.0512. The summed E-state index contributed by atoms with van der Waals surface area (Å²) in [5.41, 5.74) is 5.35. The van der Waals surface area contributed by atoms with E-state index in [1.165, 1.54) is 5.56 Å². The fourth-order valence-corrected chi connectivity index (χ4v) is 4.32. The molecule has 6 nitrogen and oxygen atoms in total. The van der Waals surface area contributed by atoms with Gasteiger partial charge in [-0.15, -0.1) is 0 Å². The van der Waals surface area contributed by atoms with Gasteiger partial charge in [0, 0.05) is 42.5 Å². The van der Waals surface area contributed by atoms with Crippen LogP contribution in [-0.2, 0) is 0 Å². The van der Waals surface area contributed by atoms with Gasteiger partial charge >= 0.3 is 0 Å². The first-order chi connectivity index (χ1) is 16.0. The molecule has 2 heterocycles. The molecule has 0 spiro atoms. The molecular formula is C26H26ClN5O. The number of amides is 1. The molecule has 1 fully saturated rings. The van der Waals surface area contributed by atoms with Gasteiger partial charge < -0.3 is 15.1 Å². The molecule has 1 amide bonds. The number of benzene rings is 3. The summed E-state index contributed by atoms with van der Waals surface area (Å²) in [5, 5.41) is 4.08. The largest absolute Gasteiger partial charge is 0.336 e. The van der Waals surface area contributed by atoms with Crippen LogP contribution >= 0.6 is 11.6 Å². The second kappa shape index (κ2) is 8.89. The number of carbonyl (C=O) groups excluding carboxylic acids is 1. The molecule has 3 aromatic carbocycles. The lowest BCUT2D eigenvalue weighted by atomic mass is 10.1. The van der Waals surface area contributed by atoms with Crippen molar-refractivity contribution in [3.63, 3.8) is 0 Å². The summed E-state index contributed by atoms with van der Waals surface area (Å²) in [6, 6.07) is 21.6. The Balaban J connectivity index is 1.56. The first-order valence-electron chi connectivity index (χ1n) is 11.1. The predicted octanol–water partition coefficient (Wildman–Crippen LogP) is 5.12. The van der Waals surface area contributed by atoms with Crippen molar-refractivity contribution >= 4 is 40.2 Å². The Morgan fingerprint density at radius 3 is 2.45 bits per heavy atom. The molecule has 0 saturated carbocycles. The minimum absolute atomic E-state index is 0.0512. The minimum Gasteiger partial charge on any atom is -0.336 e. The summed E-state index contributed by atoms with van der Waals surface area (Å²) in [6.07, 6.45) is 0. The van der Waals surface area contributed by atoms with Crippen LogP contribution in [0.3, 0.4) is 0 Å². The lowest BCUT2D eigenvalue weighted by Gasteiger charge is -2.32. The summed E-state index contributed by atoms with van der Waals surface area (Å²) in [6.45, 7) is 5.32. The Bertz CT molecular complexity index is 1310. The number of carbonyl (C=O) groups is 1. The zero-order valence-electron chi connectivity index (χ0n) is 18.8. The van der Waals surface area contributed by atoms with E-state index in [-0.39, 0.29) is 5.91 Å². The molecule has 1 aromatic heterocycles. The molecule has 7 heteroatoms. The van der Waals surface area contributed by atoms with Crippen LogP contribution < -0.4 is 5.32 Å². The average Bonchev–Trinajstić information content (AvgIpc) is 3.17. The molecule has 0 atom stereocenters. The molecular weight excluding hydrogens is 434 g/mol. The van der Waals surface area contributed by atoms with Crippen LogP contribution in [0.15, 0.2) is 66.7 Å². The number of anilines is 2. The highest BCUT2D eigenvalue weighted by Gasteiger charge is 2.22. The van der Waals surface area contributed by atoms with E-state index in [0.29, 0.717) is 16.5 Å². The number of aromatic nitrogens is 2. The number of hydrogen-bond acceptors (Lipinski definition) is 4. The van der Waals surface area contributed by atoms with E-state index < -0.39 is 0 Å². The first-order valence-corrected chi connectivity index (χ1v) is 11.5. The maximum absolute atomic E-state index is 13.1. The third-order valence-corrected chi connectivity index (χ3v) is 6.30. The quantitative estimate of drug-likeness (QED) is 0.460. The van der Waals surface area contributed by atoms with Gasteiger partial charge in [0.15, 0.2) is 0 Å². The lowest BCUT2D eigenvalue weighted by Crippen LogP contribution is -2.47. The van der Waals surface area contributed by atoms with Gasteiger partial charge in [0.1, 0.15) is 0 Å². The second-order valence-electron chi connectivity index (χ2n) is 8.54. The Morgan fingerprint density at radius 1 is 0.970 bits per heavy atom.